The van der Waals surface area contributed by atoms with Crippen LogP contribution in [-0.2, 0) is 22.7 Å². The molecule has 1 rings (SSSR count). The number of nitrogens with one attached hydrogen (secondary N) is 1. The molecule has 0 aromatic carbocycles. The summed E-state index contributed by atoms with van der Waals surface area (Å²) in [6.07, 6.45) is 0.816. The minimum absolute atomic E-state index is 0.115. The maximum absolute atomic E-state index is 12.5. The van der Waals surface area contributed by atoms with E-state index in [9.17, 15) is 9.46 Å². The van der Waals surface area contributed by atoms with Crippen LogP contribution < -0.4 is 16.4 Å². The van der Waals surface area contributed by atoms with Gasteiger partial charge in [0, 0.05) is 20.8 Å². The van der Waals surface area contributed by atoms with Crippen molar-refractivity contribution in [2.45, 2.75) is 13.3 Å². The van der Waals surface area contributed by atoms with Gasteiger partial charge in [-0.2, -0.15) is 28.9 Å². The van der Waals surface area contributed by atoms with E-state index >= 15 is 0 Å². The Morgan fingerprint density at radius 2 is 1.73 bits per heavy atom. The zero-order valence-electron chi connectivity index (χ0n) is 13.1. The van der Waals surface area contributed by atoms with Crippen LogP contribution in [0.5, 0.6) is 0 Å². The van der Waals surface area contributed by atoms with Gasteiger partial charge in [-0.05, 0) is 6.42 Å². The molecule has 0 aliphatic heterocycles. The number of aromatic nitrogens is 3. The molecule has 0 aliphatic rings. The molecule has 10 nitrogen and oxygen atoms in total. The summed E-state index contributed by atoms with van der Waals surface area (Å²) in [5.41, 5.74) is -0.413. The van der Waals surface area contributed by atoms with E-state index in [1.807, 2.05) is 6.92 Å². The number of rotatable bonds is 9. The molecule has 0 fully saturated rings. The zero-order chi connectivity index (χ0) is 16.8. The summed E-state index contributed by atoms with van der Waals surface area (Å²) in [7, 11) is -2.28. The molecule has 12 heteroatoms. The van der Waals surface area contributed by atoms with Gasteiger partial charge in [0.05, 0.1) is 14.2 Å². The minimum atomic E-state index is -3.72. The van der Waals surface area contributed by atoms with Gasteiger partial charge in [0.25, 0.3) is 5.57 Å². The highest BCUT2D eigenvalue weighted by molar-refractivity contribution is 7.68. The zero-order valence-corrected chi connectivity index (χ0v) is 14.9. The van der Waals surface area contributed by atoms with E-state index in [0.29, 0.717) is 6.54 Å². The Bertz CT molecular complexity index is 534. The van der Waals surface area contributed by atoms with Crippen LogP contribution in [0.15, 0.2) is 0 Å². The van der Waals surface area contributed by atoms with Crippen molar-refractivity contribution in [1.29, 1.82) is 0 Å². The van der Waals surface area contributed by atoms with Gasteiger partial charge in [-0.1, -0.05) is 6.92 Å². The van der Waals surface area contributed by atoms with Crippen LogP contribution in [0, 0.1) is 0 Å². The molecule has 126 valence electrons. The number of anilines is 1. The molecule has 0 saturated carbocycles. The van der Waals surface area contributed by atoms with Crippen molar-refractivity contribution in [3.05, 3.63) is 0 Å². The van der Waals surface area contributed by atoms with E-state index < -0.39 is 15.5 Å². The first-order valence-electron chi connectivity index (χ1n) is 6.35. The Balaban J connectivity index is 3.42. The van der Waals surface area contributed by atoms with E-state index in [-0.39, 0.29) is 17.1 Å². The first kappa shape index (κ1) is 19.3. The third kappa shape index (κ3) is 4.17. The van der Waals surface area contributed by atoms with Crippen LogP contribution in [0.3, 0.4) is 0 Å². The fourth-order valence-corrected chi connectivity index (χ4v) is 3.30. The van der Waals surface area contributed by atoms with Crippen molar-refractivity contribution < 1.29 is 27.6 Å². The van der Waals surface area contributed by atoms with Crippen LogP contribution in [-0.4, -0.2) is 54.8 Å². The standard InChI is InChI=1S/C10H21N4O6P2/c1-6-7-11-8-12-9(21(15,17-2)18-3)14-10(13-8)22(16,19-4)20-5/h15H,6-7H2,1-5H3,(H,11,12,13,14)/q+1. The maximum atomic E-state index is 12.5. The van der Waals surface area contributed by atoms with Crippen molar-refractivity contribution in [2.24, 2.45) is 0 Å². The van der Waals surface area contributed by atoms with Crippen LogP contribution in [0.1, 0.15) is 13.3 Å². The van der Waals surface area contributed by atoms with Crippen LogP contribution >= 0.6 is 15.5 Å². The van der Waals surface area contributed by atoms with Crippen molar-refractivity contribution >= 4 is 32.6 Å². The Labute approximate surface area is 129 Å². The Morgan fingerprint density at radius 1 is 1.14 bits per heavy atom. The highest BCUT2D eigenvalue weighted by Crippen LogP contribution is 2.53. The monoisotopic (exact) mass is 355 g/mol. The smallest absolute Gasteiger partial charge is 0.354 e. The molecule has 0 amide bonds. The summed E-state index contributed by atoms with van der Waals surface area (Å²) >= 11 is 0. The topological polar surface area (TPSA) is 125 Å². The SMILES string of the molecule is CCCNc1nc(P(=O)(OC)OC)nc([P+](O)(OC)OC)n1. The van der Waals surface area contributed by atoms with E-state index in [2.05, 4.69) is 20.3 Å². The summed E-state index contributed by atoms with van der Waals surface area (Å²) in [6, 6.07) is 0. The lowest BCUT2D eigenvalue weighted by Crippen LogP contribution is -2.32. The van der Waals surface area contributed by atoms with Gasteiger partial charge < -0.3 is 14.4 Å². The van der Waals surface area contributed by atoms with Crippen LogP contribution in [0.2, 0.25) is 0 Å². The predicted molar refractivity (Wildman–Crippen MR) is 82.7 cm³/mol. The normalized spacial score (nSPS) is 12.5. The van der Waals surface area contributed by atoms with Gasteiger partial charge in [0.2, 0.25) is 5.95 Å². The van der Waals surface area contributed by atoms with Gasteiger partial charge in [0.1, 0.15) is 0 Å². The summed E-state index contributed by atoms with van der Waals surface area (Å²) in [5, 5.41) is 2.92. The van der Waals surface area contributed by atoms with Crippen LogP contribution in [0.25, 0.3) is 0 Å². The lowest BCUT2D eigenvalue weighted by atomic mass is 10.5. The summed E-state index contributed by atoms with van der Waals surface area (Å²) < 4.78 is 32.1. The highest BCUT2D eigenvalue weighted by atomic mass is 31.2. The molecule has 22 heavy (non-hydrogen) atoms. The van der Waals surface area contributed by atoms with Crippen molar-refractivity contribution in [3.63, 3.8) is 0 Å². The van der Waals surface area contributed by atoms with E-state index in [1.54, 1.807) is 0 Å². The molecule has 0 unspecified atom stereocenters. The predicted octanol–water partition coefficient (Wildman–Crippen LogP) is 0.478. The summed E-state index contributed by atoms with van der Waals surface area (Å²) in [5.74, 6) is 0.115. The van der Waals surface area contributed by atoms with Crippen LogP contribution in [0.4, 0.5) is 5.95 Å². The third-order valence-electron chi connectivity index (χ3n) is 2.62. The van der Waals surface area contributed by atoms with Crippen molar-refractivity contribution in [3.8, 4) is 0 Å². The Kier molecular flexibility index (Phi) is 7.21. The molecule has 1 heterocycles. The molecule has 0 aliphatic carbocycles. The molecule has 0 atom stereocenters. The fraction of sp³-hybridized carbons (Fsp3) is 0.700. The van der Waals surface area contributed by atoms with Crippen molar-refractivity contribution in [2.75, 3.05) is 40.3 Å². The lowest BCUT2D eigenvalue weighted by molar-refractivity contribution is 0.251. The van der Waals surface area contributed by atoms with Gasteiger partial charge in [-0.15, -0.1) is 0 Å². The van der Waals surface area contributed by atoms with E-state index in [4.69, 9.17) is 18.1 Å². The fourth-order valence-electron chi connectivity index (χ4n) is 1.39. The number of hydrogen-bond acceptors (Lipinski definition) is 10. The molecule has 2 N–H and O–H groups in total. The second-order valence-corrected chi connectivity index (χ2v) is 8.23. The Morgan fingerprint density at radius 3 is 2.18 bits per heavy atom. The van der Waals surface area contributed by atoms with E-state index in [1.165, 1.54) is 28.4 Å². The first-order chi connectivity index (χ1) is 10.4. The molecule has 1 aromatic heterocycles. The van der Waals surface area contributed by atoms with E-state index in [0.717, 1.165) is 6.42 Å². The maximum Gasteiger partial charge on any atom is 0.486 e. The molecular formula is C10H21N4O6P2+. The average molecular weight is 355 g/mol. The van der Waals surface area contributed by atoms with Gasteiger partial charge in [-0.25, -0.2) is 0 Å². The second kappa shape index (κ2) is 8.21. The first-order valence-corrected chi connectivity index (χ1v) is 9.47. The quantitative estimate of drug-likeness (QED) is 0.604. The minimum Gasteiger partial charge on any atom is -0.354 e. The second-order valence-electron chi connectivity index (χ2n) is 3.93. The lowest BCUT2D eigenvalue weighted by Gasteiger charge is -2.15. The highest BCUT2D eigenvalue weighted by Gasteiger charge is 2.48. The molecular weight excluding hydrogens is 334 g/mol. The van der Waals surface area contributed by atoms with Gasteiger partial charge in [-0.3, -0.25) is 4.57 Å². The molecule has 1 aromatic rings. The summed E-state index contributed by atoms with van der Waals surface area (Å²) in [6.45, 7) is 2.53. The number of nitrogens with zero attached hydrogens (tertiary/aromatic N) is 3. The largest absolute Gasteiger partial charge is 0.486 e. The third-order valence-corrected chi connectivity index (χ3v) is 5.96. The van der Waals surface area contributed by atoms with Gasteiger partial charge >= 0.3 is 21.1 Å². The van der Waals surface area contributed by atoms with Gasteiger partial charge in [0.15, 0.2) is 0 Å². The molecule has 0 radical (unpaired) electrons. The Hall–Kier alpha value is -0.730. The summed E-state index contributed by atoms with van der Waals surface area (Å²) in [4.78, 5) is 22.3. The molecule has 0 saturated heterocycles. The molecule has 0 spiro atoms. The van der Waals surface area contributed by atoms with Crippen molar-refractivity contribution in [1.82, 2.24) is 15.0 Å². The average Bonchev–Trinajstić information content (AvgIpc) is 2.58. The molecule has 0 bridgehead atoms. The number of hydrogen-bond donors (Lipinski definition) is 2.